The van der Waals surface area contributed by atoms with E-state index < -0.39 is 0 Å². The molecule has 2 aliphatic rings. The van der Waals surface area contributed by atoms with Gasteiger partial charge in [0.05, 0.1) is 18.0 Å². The minimum Gasteiger partial charge on any atom is -0.378 e. The van der Waals surface area contributed by atoms with E-state index >= 15 is 0 Å². The van der Waals surface area contributed by atoms with Crippen molar-refractivity contribution in [2.45, 2.75) is 38.2 Å². The molecule has 0 bridgehead atoms. The van der Waals surface area contributed by atoms with Gasteiger partial charge in [-0.3, -0.25) is 9.78 Å². The number of fused-ring (bicyclic) bond motifs is 1. The van der Waals surface area contributed by atoms with E-state index in [4.69, 9.17) is 4.74 Å². The van der Waals surface area contributed by atoms with E-state index in [0.29, 0.717) is 12.5 Å². The molecule has 1 saturated heterocycles. The van der Waals surface area contributed by atoms with Crippen LogP contribution in [0.1, 0.15) is 31.2 Å². The van der Waals surface area contributed by atoms with E-state index in [1.807, 2.05) is 35.4 Å². The molecule has 2 heterocycles. The summed E-state index contributed by atoms with van der Waals surface area (Å²) in [4.78, 5) is 19.0. The number of ether oxygens (including phenoxy) is 1. The predicted octanol–water partition coefficient (Wildman–Crippen LogP) is 3.19. The van der Waals surface area contributed by atoms with Crippen molar-refractivity contribution in [2.24, 2.45) is 5.92 Å². The van der Waals surface area contributed by atoms with Crippen molar-refractivity contribution in [1.29, 1.82) is 0 Å². The van der Waals surface area contributed by atoms with Crippen LogP contribution in [-0.4, -0.2) is 41.6 Å². The largest absolute Gasteiger partial charge is 0.378 e. The van der Waals surface area contributed by atoms with Crippen LogP contribution < -0.4 is 0 Å². The lowest BCUT2D eigenvalue weighted by Crippen LogP contribution is -2.41. The number of nitrogens with zero attached hydrogens (tertiary/aromatic N) is 2. The molecule has 1 aliphatic heterocycles. The van der Waals surface area contributed by atoms with E-state index in [-0.39, 0.29) is 5.91 Å². The average Bonchev–Trinajstić information content (AvgIpc) is 3.45. The maximum atomic E-state index is 12.5. The van der Waals surface area contributed by atoms with Crippen molar-refractivity contribution in [3.05, 3.63) is 42.1 Å². The van der Waals surface area contributed by atoms with Crippen molar-refractivity contribution < 1.29 is 9.53 Å². The molecular formula is C20H24N2O2. The number of carbonyl (C=O) groups excluding carboxylic acids is 1. The molecule has 2 aromatic rings. The first-order valence-corrected chi connectivity index (χ1v) is 9.01. The van der Waals surface area contributed by atoms with Crippen LogP contribution in [0.2, 0.25) is 0 Å². The average molecular weight is 324 g/mol. The third-order valence-electron chi connectivity index (χ3n) is 5.06. The van der Waals surface area contributed by atoms with Gasteiger partial charge in [0.25, 0.3) is 0 Å². The van der Waals surface area contributed by atoms with Gasteiger partial charge in [-0.05, 0) is 49.3 Å². The van der Waals surface area contributed by atoms with Crippen LogP contribution in [0.3, 0.4) is 0 Å². The standard InChI is InChI=1S/C20H24N2O2/c23-20(12-16-11-17-3-1-2-4-19(17)21-13-16)22-9-7-18(8-10-22)24-14-15-5-6-15/h1-4,11,13,15,18H,5-10,12,14H2. The summed E-state index contributed by atoms with van der Waals surface area (Å²) in [5.74, 6) is 1.01. The van der Waals surface area contributed by atoms with Crippen molar-refractivity contribution in [1.82, 2.24) is 9.88 Å². The normalized spacial score (nSPS) is 18.9. The highest BCUT2D eigenvalue weighted by Gasteiger charge is 2.26. The van der Waals surface area contributed by atoms with Crippen molar-refractivity contribution in [3.63, 3.8) is 0 Å². The van der Waals surface area contributed by atoms with Crippen LogP contribution in [0.15, 0.2) is 36.5 Å². The highest BCUT2D eigenvalue weighted by molar-refractivity contribution is 5.82. The monoisotopic (exact) mass is 324 g/mol. The summed E-state index contributed by atoms with van der Waals surface area (Å²) in [5, 5.41) is 1.09. The molecule has 1 amide bonds. The Labute approximate surface area is 142 Å². The molecule has 4 heteroatoms. The van der Waals surface area contributed by atoms with Crippen LogP contribution in [0, 0.1) is 5.92 Å². The van der Waals surface area contributed by atoms with Gasteiger partial charge in [0.1, 0.15) is 0 Å². The van der Waals surface area contributed by atoms with Crippen molar-refractivity contribution in [3.8, 4) is 0 Å². The Bertz CT molecular complexity index is 718. The molecule has 1 aliphatic carbocycles. The number of pyridine rings is 1. The van der Waals surface area contributed by atoms with Gasteiger partial charge in [0, 0.05) is 31.3 Å². The Morgan fingerprint density at radius 1 is 1.17 bits per heavy atom. The highest BCUT2D eigenvalue weighted by atomic mass is 16.5. The zero-order valence-corrected chi connectivity index (χ0v) is 14.0. The third-order valence-corrected chi connectivity index (χ3v) is 5.06. The zero-order chi connectivity index (χ0) is 16.4. The van der Waals surface area contributed by atoms with Crippen molar-refractivity contribution in [2.75, 3.05) is 19.7 Å². The minimum atomic E-state index is 0.202. The molecular weight excluding hydrogens is 300 g/mol. The van der Waals surface area contributed by atoms with E-state index in [1.54, 1.807) is 0 Å². The lowest BCUT2D eigenvalue weighted by Gasteiger charge is -2.32. The Hall–Kier alpha value is -1.94. The SMILES string of the molecule is O=C(Cc1cnc2ccccc2c1)N1CCC(OCC2CC2)CC1. The maximum Gasteiger partial charge on any atom is 0.227 e. The highest BCUT2D eigenvalue weighted by Crippen LogP contribution is 2.30. The quantitative estimate of drug-likeness (QED) is 0.848. The second-order valence-electron chi connectivity index (χ2n) is 7.07. The van der Waals surface area contributed by atoms with E-state index in [1.165, 1.54) is 12.8 Å². The first kappa shape index (κ1) is 15.6. The molecule has 1 aromatic heterocycles. The summed E-state index contributed by atoms with van der Waals surface area (Å²) in [6, 6.07) is 10.1. The Morgan fingerprint density at radius 2 is 1.96 bits per heavy atom. The molecule has 1 saturated carbocycles. The number of hydrogen-bond acceptors (Lipinski definition) is 3. The fourth-order valence-electron chi connectivity index (χ4n) is 3.33. The first-order valence-electron chi connectivity index (χ1n) is 9.01. The Balaban J connectivity index is 1.30. The molecule has 4 rings (SSSR count). The molecule has 0 N–H and O–H groups in total. The van der Waals surface area contributed by atoms with E-state index in [9.17, 15) is 4.79 Å². The predicted molar refractivity (Wildman–Crippen MR) is 93.7 cm³/mol. The molecule has 126 valence electrons. The molecule has 24 heavy (non-hydrogen) atoms. The zero-order valence-electron chi connectivity index (χ0n) is 14.0. The molecule has 4 nitrogen and oxygen atoms in total. The fourth-order valence-corrected chi connectivity index (χ4v) is 3.33. The summed E-state index contributed by atoms with van der Waals surface area (Å²) in [6.07, 6.45) is 7.20. The summed E-state index contributed by atoms with van der Waals surface area (Å²) >= 11 is 0. The smallest absolute Gasteiger partial charge is 0.227 e. The Kier molecular flexibility index (Phi) is 4.48. The lowest BCUT2D eigenvalue weighted by atomic mass is 10.1. The molecule has 0 radical (unpaired) electrons. The fraction of sp³-hybridized carbons (Fsp3) is 0.500. The van der Waals surface area contributed by atoms with Crippen LogP contribution in [0.4, 0.5) is 0 Å². The van der Waals surface area contributed by atoms with Gasteiger partial charge >= 0.3 is 0 Å². The molecule has 0 atom stereocenters. The van der Waals surface area contributed by atoms with Crippen LogP contribution >= 0.6 is 0 Å². The van der Waals surface area contributed by atoms with E-state index in [0.717, 1.165) is 54.9 Å². The molecule has 1 aromatic carbocycles. The number of hydrogen-bond donors (Lipinski definition) is 0. The second-order valence-corrected chi connectivity index (χ2v) is 7.07. The summed E-state index contributed by atoms with van der Waals surface area (Å²) in [5.41, 5.74) is 1.97. The van der Waals surface area contributed by atoms with Crippen molar-refractivity contribution >= 4 is 16.8 Å². The van der Waals surface area contributed by atoms with Crippen LogP contribution in [0.5, 0.6) is 0 Å². The summed E-state index contributed by atoms with van der Waals surface area (Å²) < 4.78 is 5.95. The second kappa shape index (κ2) is 6.89. The lowest BCUT2D eigenvalue weighted by molar-refractivity contribution is -0.133. The van der Waals surface area contributed by atoms with Gasteiger partial charge in [0.15, 0.2) is 0 Å². The van der Waals surface area contributed by atoms with Gasteiger partial charge in [-0.2, -0.15) is 0 Å². The van der Waals surface area contributed by atoms with Gasteiger partial charge in [-0.25, -0.2) is 0 Å². The number of aromatic nitrogens is 1. The number of amides is 1. The number of likely N-dealkylation sites (tertiary alicyclic amines) is 1. The topological polar surface area (TPSA) is 42.4 Å². The number of para-hydroxylation sites is 1. The van der Waals surface area contributed by atoms with Gasteiger partial charge in [0.2, 0.25) is 5.91 Å². The Morgan fingerprint density at radius 3 is 2.75 bits per heavy atom. The van der Waals surface area contributed by atoms with Gasteiger partial charge in [-0.15, -0.1) is 0 Å². The number of rotatable bonds is 5. The first-order chi connectivity index (χ1) is 11.8. The summed E-state index contributed by atoms with van der Waals surface area (Å²) in [7, 11) is 0. The molecule has 0 spiro atoms. The number of piperidine rings is 1. The van der Waals surface area contributed by atoms with E-state index in [2.05, 4.69) is 11.1 Å². The number of carbonyl (C=O) groups is 1. The van der Waals surface area contributed by atoms with Crippen LogP contribution in [-0.2, 0) is 16.0 Å². The molecule has 0 unspecified atom stereocenters. The van der Waals surface area contributed by atoms with Gasteiger partial charge < -0.3 is 9.64 Å². The van der Waals surface area contributed by atoms with Gasteiger partial charge in [-0.1, -0.05) is 18.2 Å². The number of benzene rings is 1. The third kappa shape index (κ3) is 3.75. The van der Waals surface area contributed by atoms with Crippen LogP contribution in [0.25, 0.3) is 10.9 Å². The minimum absolute atomic E-state index is 0.202. The molecule has 2 fully saturated rings. The summed E-state index contributed by atoms with van der Waals surface area (Å²) in [6.45, 7) is 2.55. The maximum absolute atomic E-state index is 12.5.